The lowest BCUT2D eigenvalue weighted by molar-refractivity contribution is -0.146. The molecule has 0 bridgehead atoms. The quantitative estimate of drug-likeness (QED) is 0.607. The summed E-state index contributed by atoms with van der Waals surface area (Å²) in [6.45, 7) is 3.24. The molecule has 0 radical (unpaired) electrons. The maximum Gasteiger partial charge on any atom is 0.325 e. The molecule has 0 saturated heterocycles. The maximum atomic E-state index is 13.1. The van der Waals surface area contributed by atoms with Crippen molar-refractivity contribution in [2.24, 2.45) is 0 Å². The Morgan fingerprint density at radius 1 is 1.10 bits per heavy atom. The molecule has 9 heteroatoms. The predicted octanol–water partition coefficient (Wildman–Crippen LogP) is 2.20. The van der Waals surface area contributed by atoms with Gasteiger partial charge in [0.15, 0.2) is 0 Å². The standard InChI is InChI=1S/C21H26N2O6S/c1-15(2)29-20(24)13-22-21(25)17-10-11-18(28-4)19(12-17)30(26,27)23(3)14-16-8-6-5-7-9-16/h5-12,15H,13-14H2,1-4H3,(H,22,25). The molecule has 0 heterocycles. The molecule has 1 amide bonds. The van der Waals surface area contributed by atoms with Gasteiger partial charge in [-0.05, 0) is 37.6 Å². The van der Waals surface area contributed by atoms with Gasteiger partial charge in [0.1, 0.15) is 17.2 Å². The van der Waals surface area contributed by atoms with Crippen molar-refractivity contribution < 1.29 is 27.5 Å². The fourth-order valence-corrected chi connectivity index (χ4v) is 4.01. The van der Waals surface area contributed by atoms with Crippen LogP contribution in [0, 0.1) is 0 Å². The number of carbonyl (C=O) groups is 2. The third kappa shape index (κ3) is 6.04. The lowest BCUT2D eigenvalue weighted by atomic mass is 10.2. The average Bonchev–Trinajstić information content (AvgIpc) is 2.71. The van der Waals surface area contributed by atoms with Crippen molar-refractivity contribution in [2.45, 2.75) is 31.4 Å². The van der Waals surface area contributed by atoms with Gasteiger partial charge in [-0.25, -0.2) is 8.42 Å². The molecule has 2 aromatic rings. The lowest BCUT2D eigenvalue weighted by Gasteiger charge is -2.19. The van der Waals surface area contributed by atoms with Crippen molar-refractivity contribution in [3.63, 3.8) is 0 Å². The van der Waals surface area contributed by atoms with E-state index in [0.29, 0.717) is 0 Å². The molecule has 162 valence electrons. The first-order valence-corrected chi connectivity index (χ1v) is 10.7. The number of ether oxygens (including phenoxy) is 2. The van der Waals surface area contributed by atoms with Crippen LogP contribution in [-0.4, -0.2) is 51.4 Å². The summed E-state index contributed by atoms with van der Waals surface area (Å²) >= 11 is 0. The molecule has 2 aromatic carbocycles. The van der Waals surface area contributed by atoms with E-state index in [2.05, 4.69) is 5.32 Å². The molecule has 0 aliphatic rings. The third-order valence-corrected chi connectivity index (χ3v) is 5.95. The Labute approximate surface area is 176 Å². The Bertz CT molecular complexity index is 990. The number of methoxy groups -OCH3 is 1. The smallest absolute Gasteiger partial charge is 0.325 e. The van der Waals surface area contributed by atoms with Crippen molar-refractivity contribution in [1.82, 2.24) is 9.62 Å². The second-order valence-corrected chi connectivity index (χ2v) is 8.85. The fourth-order valence-electron chi connectivity index (χ4n) is 2.67. The molecule has 2 rings (SSSR count). The van der Waals surface area contributed by atoms with E-state index in [1.807, 2.05) is 30.3 Å². The van der Waals surface area contributed by atoms with Crippen LogP contribution >= 0.6 is 0 Å². The van der Waals surface area contributed by atoms with Gasteiger partial charge < -0.3 is 14.8 Å². The van der Waals surface area contributed by atoms with Gasteiger partial charge in [0.05, 0.1) is 13.2 Å². The molecule has 0 aromatic heterocycles. The van der Waals surface area contributed by atoms with Crippen LogP contribution in [0.5, 0.6) is 5.75 Å². The number of nitrogens with zero attached hydrogens (tertiary/aromatic N) is 1. The van der Waals surface area contributed by atoms with E-state index in [1.165, 1.54) is 36.7 Å². The van der Waals surface area contributed by atoms with E-state index < -0.39 is 21.9 Å². The van der Waals surface area contributed by atoms with Crippen molar-refractivity contribution in [1.29, 1.82) is 0 Å². The summed E-state index contributed by atoms with van der Waals surface area (Å²) in [6, 6.07) is 13.2. The van der Waals surface area contributed by atoms with E-state index in [-0.39, 0.29) is 35.4 Å². The number of benzene rings is 2. The number of amides is 1. The monoisotopic (exact) mass is 434 g/mol. The molecule has 8 nitrogen and oxygen atoms in total. The Hall–Kier alpha value is -2.91. The number of hydrogen-bond donors (Lipinski definition) is 1. The van der Waals surface area contributed by atoms with Crippen molar-refractivity contribution in [2.75, 3.05) is 20.7 Å². The van der Waals surface area contributed by atoms with Gasteiger partial charge in [-0.3, -0.25) is 9.59 Å². The minimum atomic E-state index is -3.95. The number of carbonyl (C=O) groups excluding carboxylic acids is 2. The van der Waals surface area contributed by atoms with E-state index in [1.54, 1.807) is 13.8 Å². The van der Waals surface area contributed by atoms with E-state index in [0.717, 1.165) is 5.56 Å². The molecule has 0 unspecified atom stereocenters. The second-order valence-electron chi connectivity index (χ2n) is 6.83. The average molecular weight is 435 g/mol. The normalized spacial score (nSPS) is 11.4. The van der Waals surface area contributed by atoms with Crippen LogP contribution in [0.3, 0.4) is 0 Å². The number of rotatable bonds is 9. The third-order valence-electron chi connectivity index (χ3n) is 4.12. The van der Waals surface area contributed by atoms with Crippen molar-refractivity contribution in [3.05, 3.63) is 59.7 Å². The van der Waals surface area contributed by atoms with Crippen LogP contribution < -0.4 is 10.1 Å². The highest BCUT2D eigenvalue weighted by molar-refractivity contribution is 7.89. The van der Waals surface area contributed by atoms with Gasteiger partial charge in [0, 0.05) is 19.2 Å². The molecule has 1 N–H and O–H groups in total. The number of nitrogens with one attached hydrogen (secondary N) is 1. The topological polar surface area (TPSA) is 102 Å². The van der Waals surface area contributed by atoms with Gasteiger partial charge >= 0.3 is 5.97 Å². The second kappa shape index (κ2) is 10.2. The Kier molecular flexibility index (Phi) is 7.96. The molecular weight excluding hydrogens is 408 g/mol. The molecular formula is C21H26N2O6S. The van der Waals surface area contributed by atoms with Crippen molar-refractivity contribution >= 4 is 21.9 Å². The molecule has 0 fully saturated rings. The van der Waals surface area contributed by atoms with Crippen LogP contribution in [0.4, 0.5) is 0 Å². The molecule has 0 spiro atoms. The van der Waals surface area contributed by atoms with Gasteiger partial charge in [-0.15, -0.1) is 0 Å². The largest absolute Gasteiger partial charge is 0.495 e. The number of esters is 1. The highest BCUT2D eigenvalue weighted by atomic mass is 32.2. The van der Waals surface area contributed by atoms with Crippen molar-refractivity contribution in [3.8, 4) is 5.75 Å². The zero-order valence-electron chi connectivity index (χ0n) is 17.4. The van der Waals surface area contributed by atoms with E-state index in [4.69, 9.17) is 9.47 Å². The van der Waals surface area contributed by atoms with E-state index >= 15 is 0 Å². The first-order valence-electron chi connectivity index (χ1n) is 9.31. The van der Waals surface area contributed by atoms with Crippen LogP contribution in [0.1, 0.15) is 29.8 Å². The fraction of sp³-hybridized carbons (Fsp3) is 0.333. The summed E-state index contributed by atoms with van der Waals surface area (Å²) in [5.74, 6) is -1.06. The zero-order valence-corrected chi connectivity index (χ0v) is 18.2. The summed E-state index contributed by atoms with van der Waals surface area (Å²) < 4.78 is 37.6. The van der Waals surface area contributed by atoms with Gasteiger partial charge in [0.2, 0.25) is 10.0 Å². The first kappa shape index (κ1) is 23.4. The Morgan fingerprint density at radius 2 is 1.77 bits per heavy atom. The van der Waals surface area contributed by atoms with Gasteiger partial charge in [-0.2, -0.15) is 4.31 Å². The maximum absolute atomic E-state index is 13.1. The molecule has 0 saturated carbocycles. The minimum Gasteiger partial charge on any atom is -0.495 e. The van der Waals surface area contributed by atoms with Crippen LogP contribution in [-0.2, 0) is 26.1 Å². The summed E-state index contributed by atoms with van der Waals surface area (Å²) in [5.41, 5.74) is 0.903. The SMILES string of the molecule is COc1ccc(C(=O)NCC(=O)OC(C)C)cc1S(=O)(=O)N(C)Cc1ccccc1. The predicted molar refractivity (Wildman–Crippen MR) is 112 cm³/mol. The minimum absolute atomic E-state index is 0.0832. The lowest BCUT2D eigenvalue weighted by Crippen LogP contribution is -2.32. The first-order chi connectivity index (χ1) is 14.1. The Morgan fingerprint density at radius 3 is 2.37 bits per heavy atom. The van der Waals surface area contributed by atoms with E-state index in [9.17, 15) is 18.0 Å². The van der Waals surface area contributed by atoms with Crippen LogP contribution in [0.2, 0.25) is 0 Å². The summed E-state index contributed by atoms with van der Waals surface area (Å²) in [6.07, 6.45) is -0.299. The highest BCUT2D eigenvalue weighted by Gasteiger charge is 2.26. The summed E-state index contributed by atoms with van der Waals surface area (Å²) in [4.78, 5) is 23.9. The molecule has 30 heavy (non-hydrogen) atoms. The van der Waals surface area contributed by atoms with Crippen LogP contribution in [0.15, 0.2) is 53.4 Å². The molecule has 0 aliphatic carbocycles. The Balaban J connectivity index is 2.24. The van der Waals surface area contributed by atoms with Gasteiger partial charge in [0.25, 0.3) is 5.91 Å². The number of hydrogen-bond acceptors (Lipinski definition) is 6. The van der Waals surface area contributed by atoms with Crippen LogP contribution in [0.25, 0.3) is 0 Å². The summed E-state index contributed by atoms with van der Waals surface area (Å²) in [7, 11) is -1.14. The molecule has 0 atom stereocenters. The van der Waals surface area contributed by atoms with Gasteiger partial charge in [-0.1, -0.05) is 30.3 Å². The number of sulfonamides is 1. The zero-order chi connectivity index (χ0) is 22.3. The molecule has 0 aliphatic heterocycles. The summed E-state index contributed by atoms with van der Waals surface area (Å²) in [5, 5.41) is 2.43. The highest BCUT2D eigenvalue weighted by Crippen LogP contribution is 2.28.